The molecule has 2 aliphatic rings. The number of nitrogens with zero attached hydrogens (tertiary/aromatic N) is 2. The molecule has 2 aromatic carbocycles. The predicted octanol–water partition coefficient (Wildman–Crippen LogP) is 2.62. The summed E-state index contributed by atoms with van der Waals surface area (Å²) in [6.07, 6.45) is -0.629. The van der Waals surface area contributed by atoms with Crippen molar-refractivity contribution in [3.63, 3.8) is 0 Å². The first kappa shape index (κ1) is 17.1. The molecule has 5 nitrogen and oxygen atoms in total. The third-order valence-electron chi connectivity index (χ3n) is 5.67. The van der Waals surface area contributed by atoms with Crippen LogP contribution in [0.25, 0.3) is 0 Å². The van der Waals surface area contributed by atoms with Gasteiger partial charge < -0.3 is 15.1 Å². The van der Waals surface area contributed by atoms with Crippen molar-refractivity contribution in [2.24, 2.45) is 0 Å². The van der Waals surface area contributed by atoms with Crippen molar-refractivity contribution in [3.8, 4) is 0 Å². The number of carboxylic acid groups (broad SMARTS) is 1. The van der Waals surface area contributed by atoms with E-state index < -0.39 is 6.09 Å². The Morgan fingerprint density at radius 2 is 1.50 bits per heavy atom. The Hall–Kier alpha value is -2.37. The van der Waals surface area contributed by atoms with Gasteiger partial charge in [0, 0.05) is 37.6 Å². The summed E-state index contributed by atoms with van der Waals surface area (Å²) in [4.78, 5) is 15.6. The van der Waals surface area contributed by atoms with Crippen LogP contribution in [0, 0.1) is 0 Å². The molecule has 0 radical (unpaired) electrons. The number of aliphatic hydroxyl groups excluding tert-OH is 1. The molecule has 26 heavy (non-hydrogen) atoms. The van der Waals surface area contributed by atoms with Crippen molar-refractivity contribution in [2.75, 3.05) is 19.6 Å². The first-order valence-corrected chi connectivity index (χ1v) is 9.15. The first-order valence-electron chi connectivity index (χ1n) is 9.15. The van der Waals surface area contributed by atoms with Crippen molar-refractivity contribution in [1.29, 1.82) is 0 Å². The Labute approximate surface area is 153 Å². The van der Waals surface area contributed by atoms with Crippen LogP contribution >= 0.6 is 0 Å². The third-order valence-corrected chi connectivity index (χ3v) is 5.67. The van der Waals surface area contributed by atoms with E-state index in [2.05, 4.69) is 29.2 Å². The molecule has 136 valence electrons. The van der Waals surface area contributed by atoms with Crippen molar-refractivity contribution in [2.45, 2.75) is 30.5 Å². The third kappa shape index (κ3) is 3.20. The number of benzene rings is 2. The standard InChI is InChI=1S/C21H24N2O3/c24-18-11-17-12-22(21(25)26)14-19(23(17)13-18)20(15-7-3-1-4-8-15)16-9-5-2-6-10-16/h1-10,17-20,24H,11-14H2,(H,25,26)/t17-,18+,19-/m0/s1. The van der Waals surface area contributed by atoms with E-state index in [1.54, 1.807) is 0 Å². The fraction of sp³-hybridized carbons (Fsp3) is 0.381. The molecule has 2 aliphatic heterocycles. The monoisotopic (exact) mass is 352 g/mol. The van der Waals surface area contributed by atoms with E-state index in [1.807, 2.05) is 36.4 Å². The lowest BCUT2D eigenvalue weighted by Crippen LogP contribution is -2.59. The molecule has 2 N–H and O–H groups in total. The van der Waals surface area contributed by atoms with E-state index >= 15 is 0 Å². The maximum atomic E-state index is 11.7. The second-order valence-corrected chi connectivity index (χ2v) is 7.29. The Morgan fingerprint density at radius 3 is 2.04 bits per heavy atom. The molecule has 1 amide bonds. The fourth-order valence-electron chi connectivity index (χ4n) is 4.57. The zero-order chi connectivity index (χ0) is 18.1. The average molecular weight is 352 g/mol. The maximum Gasteiger partial charge on any atom is 0.407 e. The molecule has 0 aliphatic carbocycles. The van der Waals surface area contributed by atoms with Gasteiger partial charge in [0.2, 0.25) is 0 Å². The zero-order valence-electron chi connectivity index (χ0n) is 14.6. The van der Waals surface area contributed by atoms with Gasteiger partial charge in [-0.15, -0.1) is 0 Å². The first-order chi connectivity index (χ1) is 12.6. The molecule has 2 fully saturated rings. The van der Waals surface area contributed by atoms with E-state index in [0.29, 0.717) is 26.1 Å². The van der Waals surface area contributed by atoms with Gasteiger partial charge in [0.1, 0.15) is 0 Å². The summed E-state index contributed by atoms with van der Waals surface area (Å²) >= 11 is 0. The molecule has 0 spiro atoms. The van der Waals surface area contributed by atoms with Gasteiger partial charge in [0.25, 0.3) is 0 Å². The van der Waals surface area contributed by atoms with Gasteiger partial charge in [-0.1, -0.05) is 60.7 Å². The summed E-state index contributed by atoms with van der Waals surface area (Å²) in [5.41, 5.74) is 2.35. The topological polar surface area (TPSA) is 64.0 Å². The zero-order valence-corrected chi connectivity index (χ0v) is 14.6. The van der Waals surface area contributed by atoms with Crippen molar-refractivity contribution in [3.05, 3.63) is 71.8 Å². The summed E-state index contributed by atoms with van der Waals surface area (Å²) in [6.45, 7) is 1.53. The van der Waals surface area contributed by atoms with E-state index in [0.717, 1.165) is 0 Å². The lowest BCUT2D eigenvalue weighted by molar-refractivity contribution is 0.0412. The van der Waals surface area contributed by atoms with Gasteiger partial charge in [-0.05, 0) is 17.5 Å². The molecule has 2 aromatic rings. The number of hydrogen-bond donors (Lipinski definition) is 2. The van der Waals surface area contributed by atoms with Crippen LogP contribution in [0.1, 0.15) is 23.5 Å². The second-order valence-electron chi connectivity index (χ2n) is 7.29. The normalized spacial score (nSPS) is 26.1. The molecular weight excluding hydrogens is 328 g/mol. The van der Waals surface area contributed by atoms with Gasteiger partial charge >= 0.3 is 6.09 Å². The molecule has 2 saturated heterocycles. The molecule has 0 unspecified atom stereocenters. The molecule has 3 atom stereocenters. The fourth-order valence-corrected chi connectivity index (χ4v) is 4.57. The van der Waals surface area contributed by atoms with E-state index in [-0.39, 0.29) is 24.1 Å². The number of aliphatic hydroxyl groups is 1. The molecular formula is C21H24N2O3. The van der Waals surface area contributed by atoms with Crippen LogP contribution in [0.3, 0.4) is 0 Å². The van der Waals surface area contributed by atoms with E-state index in [9.17, 15) is 15.0 Å². The minimum Gasteiger partial charge on any atom is -0.465 e. The van der Waals surface area contributed by atoms with Crippen LogP contribution in [-0.2, 0) is 0 Å². The lowest BCUT2D eigenvalue weighted by Gasteiger charge is -2.46. The highest BCUT2D eigenvalue weighted by atomic mass is 16.4. The Balaban J connectivity index is 1.76. The van der Waals surface area contributed by atoms with E-state index in [1.165, 1.54) is 16.0 Å². The van der Waals surface area contributed by atoms with Gasteiger partial charge in [0.15, 0.2) is 0 Å². The molecule has 0 bridgehead atoms. The van der Waals surface area contributed by atoms with Crippen LogP contribution in [0.5, 0.6) is 0 Å². The lowest BCUT2D eigenvalue weighted by atomic mass is 9.82. The summed E-state index contributed by atoms with van der Waals surface area (Å²) in [5, 5.41) is 19.8. The number of hydrogen-bond acceptors (Lipinski definition) is 3. The number of fused-ring (bicyclic) bond motifs is 1. The largest absolute Gasteiger partial charge is 0.465 e. The molecule has 0 saturated carbocycles. The Morgan fingerprint density at radius 1 is 0.923 bits per heavy atom. The van der Waals surface area contributed by atoms with Crippen molar-refractivity contribution >= 4 is 6.09 Å². The summed E-state index contributed by atoms with van der Waals surface area (Å²) in [5.74, 6) is 0.0624. The van der Waals surface area contributed by atoms with Gasteiger partial charge in [-0.25, -0.2) is 4.79 Å². The van der Waals surface area contributed by atoms with Gasteiger partial charge in [0.05, 0.1) is 6.10 Å². The van der Waals surface area contributed by atoms with Crippen LogP contribution < -0.4 is 0 Å². The smallest absolute Gasteiger partial charge is 0.407 e. The minimum absolute atomic E-state index is 0.00630. The summed E-state index contributed by atoms with van der Waals surface area (Å²) < 4.78 is 0. The number of piperazine rings is 1. The molecule has 5 heteroatoms. The van der Waals surface area contributed by atoms with Crippen molar-refractivity contribution < 1.29 is 15.0 Å². The number of amides is 1. The van der Waals surface area contributed by atoms with Crippen LogP contribution in [0.2, 0.25) is 0 Å². The van der Waals surface area contributed by atoms with E-state index in [4.69, 9.17) is 0 Å². The Kier molecular flexibility index (Phi) is 4.66. The predicted molar refractivity (Wildman–Crippen MR) is 99.2 cm³/mol. The maximum absolute atomic E-state index is 11.7. The number of rotatable bonds is 3. The minimum atomic E-state index is -0.879. The Bertz CT molecular complexity index is 713. The second kappa shape index (κ2) is 7.09. The average Bonchev–Trinajstić information content (AvgIpc) is 3.04. The molecule has 0 aromatic heterocycles. The molecule has 2 heterocycles. The van der Waals surface area contributed by atoms with Gasteiger partial charge in [-0.3, -0.25) is 4.90 Å². The highest BCUT2D eigenvalue weighted by Gasteiger charge is 2.45. The highest BCUT2D eigenvalue weighted by Crippen LogP contribution is 2.37. The quantitative estimate of drug-likeness (QED) is 0.891. The summed E-state index contributed by atoms with van der Waals surface area (Å²) in [6, 6.07) is 20.6. The SMILES string of the molecule is O=C(O)N1C[C@@H]2C[C@@H](O)CN2[C@H](C(c2ccccc2)c2ccccc2)C1. The van der Waals surface area contributed by atoms with Crippen LogP contribution in [-0.4, -0.2) is 63.9 Å². The van der Waals surface area contributed by atoms with Gasteiger partial charge in [-0.2, -0.15) is 0 Å². The number of carbonyl (C=O) groups is 1. The molecule has 4 rings (SSSR count). The summed E-state index contributed by atoms with van der Waals surface area (Å²) in [7, 11) is 0. The highest BCUT2D eigenvalue weighted by molar-refractivity contribution is 5.65. The van der Waals surface area contributed by atoms with Crippen molar-refractivity contribution in [1.82, 2.24) is 9.80 Å². The van der Waals surface area contributed by atoms with Crippen LogP contribution in [0.4, 0.5) is 4.79 Å². The van der Waals surface area contributed by atoms with Crippen LogP contribution in [0.15, 0.2) is 60.7 Å².